The average molecular weight is 514 g/mol. The summed E-state index contributed by atoms with van der Waals surface area (Å²) >= 11 is 0. The Hall–Kier alpha value is -4.01. The molecule has 0 unspecified atom stereocenters. The second-order valence-corrected chi connectivity index (χ2v) is 10.1. The number of anilines is 1. The maximum atomic E-state index is 13.2. The van der Waals surface area contributed by atoms with Crippen LogP contribution < -0.4 is 16.1 Å². The fourth-order valence-electron chi connectivity index (χ4n) is 5.41. The van der Waals surface area contributed by atoms with E-state index in [4.69, 9.17) is 9.97 Å². The number of aromatic nitrogens is 5. The van der Waals surface area contributed by atoms with Crippen molar-refractivity contribution < 1.29 is 0 Å². The number of pyridine rings is 3. The third-order valence-corrected chi connectivity index (χ3v) is 7.34. The third kappa shape index (κ3) is 4.80. The lowest BCUT2D eigenvalue weighted by molar-refractivity contribution is 0.228. The molecular formula is C29H35N7O2. The number of aromatic amines is 1. The van der Waals surface area contributed by atoms with E-state index < -0.39 is 11.2 Å². The van der Waals surface area contributed by atoms with Gasteiger partial charge in [0, 0.05) is 55.9 Å². The highest BCUT2D eigenvalue weighted by Gasteiger charge is 2.25. The van der Waals surface area contributed by atoms with Crippen molar-refractivity contribution in [1.82, 2.24) is 29.4 Å². The Labute approximate surface area is 221 Å². The Morgan fingerprint density at radius 2 is 1.79 bits per heavy atom. The van der Waals surface area contributed by atoms with Gasteiger partial charge >= 0.3 is 5.69 Å². The number of fused-ring (bicyclic) bond motifs is 3. The summed E-state index contributed by atoms with van der Waals surface area (Å²) in [4.78, 5) is 47.2. The van der Waals surface area contributed by atoms with E-state index in [1.165, 1.54) is 0 Å². The summed E-state index contributed by atoms with van der Waals surface area (Å²) in [6.45, 7) is 13.9. The molecule has 1 fully saturated rings. The van der Waals surface area contributed by atoms with Gasteiger partial charge in [-0.15, -0.1) is 0 Å². The van der Waals surface area contributed by atoms with E-state index in [0.717, 1.165) is 74.6 Å². The number of nitrogens with zero attached hydrogens (tertiary/aromatic N) is 6. The highest BCUT2D eigenvalue weighted by atomic mass is 16.2. The molecule has 1 N–H and O–H groups in total. The van der Waals surface area contributed by atoms with Gasteiger partial charge in [-0.05, 0) is 56.9 Å². The lowest BCUT2D eigenvalue weighted by atomic mass is 10.0. The number of allylic oxidation sites excluding steroid dienone is 1. The number of H-pyrrole nitrogens is 1. The minimum absolute atomic E-state index is 0.0578. The Balaban J connectivity index is 1.61. The zero-order chi connectivity index (χ0) is 26.8. The van der Waals surface area contributed by atoms with Crippen molar-refractivity contribution in [2.75, 3.05) is 31.1 Å². The fraction of sp³-hybridized carbons (Fsp3) is 0.414. The molecule has 9 heteroatoms. The Bertz CT molecular complexity index is 1580. The molecule has 1 aliphatic rings. The summed E-state index contributed by atoms with van der Waals surface area (Å²) in [5.74, 6) is 0.951. The van der Waals surface area contributed by atoms with E-state index in [2.05, 4.69) is 40.2 Å². The van der Waals surface area contributed by atoms with Gasteiger partial charge < -0.3 is 9.80 Å². The second kappa shape index (κ2) is 10.8. The number of hydrogen-bond donors (Lipinski definition) is 1. The summed E-state index contributed by atoms with van der Waals surface area (Å²) in [7, 11) is 0. The first kappa shape index (κ1) is 25.6. The molecule has 1 saturated heterocycles. The van der Waals surface area contributed by atoms with Gasteiger partial charge in [0.05, 0.1) is 22.1 Å². The molecule has 5 rings (SSSR count). The summed E-state index contributed by atoms with van der Waals surface area (Å²) in [6, 6.07) is 7.81. The van der Waals surface area contributed by atoms with Crippen molar-refractivity contribution in [3.05, 3.63) is 69.8 Å². The molecule has 0 saturated carbocycles. The van der Waals surface area contributed by atoms with E-state index >= 15 is 0 Å². The quantitative estimate of drug-likeness (QED) is 0.347. The maximum absolute atomic E-state index is 13.2. The number of nitrogens with one attached hydrogen (secondary N) is 1. The molecule has 4 aromatic heterocycles. The van der Waals surface area contributed by atoms with E-state index in [9.17, 15) is 9.59 Å². The first-order valence-corrected chi connectivity index (χ1v) is 13.5. The van der Waals surface area contributed by atoms with Crippen molar-refractivity contribution in [3.8, 4) is 11.3 Å². The smallest absolute Gasteiger partial charge is 0.329 e. The molecule has 0 aliphatic carbocycles. The third-order valence-electron chi connectivity index (χ3n) is 7.34. The topological polar surface area (TPSA) is 100 Å². The zero-order valence-electron chi connectivity index (χ0n) is 22.4. The molecule has 0 spiro atoms. The van der Waals surface area contributed by atoms with Gasteiger partial charge in [0.15, 0.2) is 0 Å². The zero-order valence-corrected chi connectivity index (χ0v) is 22.4. The van der Waals surface area contributed by atoms with Crippen LogP contribution in [0.2, 0.25) is 0 Å². The molecule has 4 aromatic rings. The Morgan fingerprint density at radius 1 is 1.05 bits per heavy atom. The van der Waals surface area contributed by atoms with Gasteiger partial charge in [-0.2, -0.15) is 0 Å². The maximum Gasteiger partial charge on any atom is 0.329 e. The average Bonchev–Trinajstić information content (AvgIpc) is 2.93. The lowest BCUT2D eigenvalue weighted by Gasteiger charge is -2.34. The van der Waals surface area contributed by atoms with Gasteiger partial charge in [-0.3, -0.25) is 19.3 Å². The van der Waals surface area contributed by atoms with Crippen LogP contribution in [0.3, 0.4) is 0 Å². The van der Waals surface area contributed by atoms with Crippen LogP contribution in [0.1, 0.15) is 52.5 Å². The minimum atomic E-state index is -0.444. The van der Waals surface area contributed by atoms with Gasteiger partial charge in [0.1, 0.15) is 11.3 Å². The highest BCUT2D eigenvalue weighted by molar-refractivity contribution is 6.01. The first-order valence-electron chi connectivity index (χ1n) is 13.5. The van der Waals surface area contributed by atoms with E-state index in [-0.39, 0.29) is 6.04 Å². The van der Waals surface area contributed by atoms with Gasteiger partial charge in [-0.25, -0.2) is 14.8 Å². The standard InChI is InChI=1S/C29H35N7O2/c1-5-13-35(14-6-2)25-10-7-20(17-31-25)23-8-9-24-26(32-23)27-22(18-30-24)28(37)33-29(38)36(27)21-11-15-34(16-12-21)19(3)4/h7-10,17-18,21H,3,5-6,11-16H2,1-2,4H3,(H,33,37,38). The predicted octanol–water partition coefficient (Wildman–Crippen LogP) is 4.49. The second-order valence-electron chi connectivity index (χ2n) is 10.1. The highest BCUT2D eigenvalue weighted by Crippen LogP contribution is 2.29. The minimum Gasteiger partial charge on any atom is -0.375 e. The van der Waals surface area contributed by atoms with Crippen molar-refractivity contribution in [1.29, 1.82) is 0 Å². The molecule has 0 bridgehead atoms. The van der Waals surface area contributed by atoms with Crippen LogP contribution >= 0.6 is 0 Å². The van der Waals surface area contributed by atoms with E-state index in [1.807, 2.05) is 37.4 Å². The molecule has 0 atom stereocenters. The molecule has 0 radical (unpaired) electrons. The molecule has 1 aliphatic heterocycles. The number of rotatable bonds is 8. The molecule has 0 amide bonds. The van der Waals surface area contributed by atoms with Crippen molar-refractivity contribution in [2.45, 2.75) is 52.5 Å². The van der Waals surface area contributed by atoms with E-state index in [1.54, 1.807) is 10.8 Å². The monoisotopic (exact) mass is 513 g/mol. The molecule has 198 valence electrons. The van der Waals surface area contributed by atoms with Crippen molar-refractivity contribution in [2.24, 2.45) is 0 Å². The van der Waals surface area contributed by atoms with E-state index in [0.29, 0.717) is 21.9 Å². The summed E-state index contributed by atoms with van der Waals surface area (Å²) in [6.07, 6.45) is 7.05. The number of piperidine rings is 1. The normalized spacial score (nSPS) is 14.3. The Morgan fingerprint density at radius 3 is 2.42 bits per heavy atom. The Kier molecular flexibility index (Phi) is 7.26. The van der Waals surface area contributed by atoms with Gasteiger partial charge in [-0.1, -0.05) is 20.4 Å². The van der Waals surface area contributed by atoms with Crippen LogP contribution in [0.15, 0.2) is 58.5 Å². The van der Waals surface area contributed by atoms with Crippen LogP contribution in [0.5, 0.6) is 0 Å². The number of hydrogen-bond acceptors (Lipinski definition) is 7. The first-order chi connectivity index (χ1) is 18.4. The SMILES string of the molecule is C=C(C)N1CCC(n2c(=O)[nH]c(=O)c3cnc4ccc(-c5ccc(N(CCC)CCC)nc5)nc4c32)CC1. The lowest BCUT2D eigenvalue weighted by Crippen LogP contribution is -2.39. The van der Waals surface area contributed by atoms with Gasteiger partial charge in [0.25, 0.3) is 5.56 Å². The van der Waals surface area contributed by atoms with Crippen LogP contribution in [-0.2, 0) is 0 Å². The molecule has 0 aromatic carbocycles. The van der Waals surface area contributed by atoms with Crippen molar-refractivity contribution >= 4 is 27.8 Å². The van der Waals surface area contributed by atoms with Crippen molar-refractivity contribution in [3.63, 3.8) is 0 Å². The van der Waals surface area contributed by atoms with Crippen LogP contribution in [0.4, 0.5) is 5.82 Å². The predicted molar refractivity (Wildman–Crippen MR) is 153 cm³/mol. The summed E-state index contributed by atoms with van der Waals surface area (Å²) in [5, 5.41) is 0.368. The molecule has 38 heavy (non-hydrogen) atoms. The number of likely N-dealkylation sites (tertiary alicyclic amines) is 1. The summed E-state index contributed by atoms with van der Waals surface area (Å²) < 4.78 is 1.72. The molecule has 9 nitrogen and oxygen atoms in total. The van der Waals surface area contributed by atoms with Crippen LogP contribution in [0, 0.1) is 0 Å². The fourth-order valence-corrected chi connectivity index (χ4v) is 5.41. The van der Waals surface area contributed by atoms with Crippen LogP contribution in [-0.4, -0.2) is 55.6 Å². The van der Waals surface area contributed by atoms with Gasteiger partial charge in [0.2, 0.25) is 0 Å². The molecular weight excluding hydrogens is 478 g/mol. The largest absolute Gasteiger partial charge is 0.375 e. The van der Waals surface area contributed by atoms with Crippen LogP contribution in [0.25, 0.3) is 33.2 Å². The summed E-state index contributed by atoms with van der Waals surface area (Å²) in [5.41, 5.74) is 3.49. The molecule has 5 heterocycles.